The highest BCUT2D eigenvalue weighted by Crippen LogP contribution is 2.30. The van der Waals surface area contributed by atoms with E-state index in [1.165, 1.54) is 5.56 Å². The number of halogens is 1. The van der Waals surface area contributed by atoms with Gasteiger partial charge in [0.1, 0.15) is 5.60 Å². The average Bonchev–Trinajstić information content (AvgIpc) is 2.29. The molecule has 0 aliphatic rings. The maximum atomic E-state index is 10.6. The summed E-state index contributed by atoms with van der Waals surface area (Å²) >= 11 is 5.95. The minimum absolute atomic E-state index is 0.634. The van der Waals surface area contributed by atoms with E-state index in [9.17, 15) is 5.11 Å². The number of rotatable bonds is 2. The van der Waals surface area contributed by atoms with Crippen LogP contribution < -0.4 is 0 Å². The van der Waals surface area contributed by atoms with Crippen LogP contribution >= 0.6 is 11.6 Å². The first-order chi connectivity index (χ1) is 8.00. The minimum Gasteiger partial charge on any atom is -0.381 e. The van der Waals surface area contributed by atoms with Crippen LogP contribution in [-0.4, -0.2) is 5.11 Å². The van der Waals surface area contributed by atoms with E-state index in [0.29, 0.717) is 5.02 Å². The number of hydrogen-bond acceptors (Lipinski definition) is 1. The predicted molar refractivity (Wildman–Crippen MR) is 71.3 cm³/mol. The third-order valence-electron chi connectivity index (χ3n) is 3.00. The molecule has 1 nitrogen and oxygen atoms in total. The van der Waals surface area contributed by atoms with Gasteiger partial charge in [-0.1, -0.05) is 53.6 Å². The molecule has 0 heterocycles. The van der Waals surface area contributed by atoms with Crippen LogP contribution in [0.4, 0.5) is 0 Å². The Bertz CT molecular complexity index is 515. The Hall–Kier alpha value is -1.31. The molecule has 0 aliphatic carbocycles. The predicted octanol–water partition coefficient (Wildman–Crippen LogP) is 3.90. The SMILES string of the molecule is Cc1ccc(C(C)(O)c2cccc(Cl)c2)cc1. The van der Waals surface area contributed by atoms with E-state index < -0.39 is 5.60 Å². The van der Waals surface area contributed by atoms with Crippen LogP contribution in [-0.2, 0) is 5.60 Å². The molecule has 1 N–H and O–H groups in total. The number of aryl methyl sites for hydroxylation is 1. The summed E-state index contributed by atoms with van der Waals surface area (Å²) in [5.74, 6) is 0. The molecular weight excluding hydrogens is 232 g/mol. The largest absolute Gasteiger partial charge is 0.381 e. The molecule has 1 atom stereocenters. The molecular formula is C15H15ClO. The van der Waals surface area contributed by atoms with E-state index in [4.69, 9.17) is 11.6 Å². The van der Waals surface area contributed by atoms with Crippen LogP contribution in [0.15, 0.2) is 48.5 Å². The first kappa shape index (κ1) is 12.2. The van der Waals surface area contributed by atoms with Crippen LogP contribution in [0.2, 0.25) is 5.02 Å². The van der Waals surface area contributed by atoms with Gasteiger partial charge in [0.05, 0.1) is 0 Å². The van der Waals surface area contributed by atoms with Gasteiger partial charge in [0, 0.05) is 5.02 Å². The van der Waals surface area contributed by atoms with E-state index in [1.807, 2.05) is 43.3 Å². The van der Waals surface area contributed by atoms with E-state index >= 15 is 0 Å². The summed E-state index contributed by atoms with van der Waals surface area (Å²) < 4.78 is 0. The zero-order valence-electron chi connectivity index (χ0n) is 9.94. The fraction of sp³-hybridized carbons (Fsp3) is 0.200. The highest BCUT2D eigenvalue weighted by atomic mass is 35.5. The average molecular weight is 247 g/mol. The van der Waals surface area contributed by atoms with Crippen molar-refractivity contribution in [2.75, 3.05) is 0 Å². The quantitative estimate of drug-likeness (QED) is 0.852. The van der Waals surface area contributed by atoms with E-state index in [-0.39, 0.29) is 0 Å². The van der Waals surface area contributed by atoms with Crippen molar-refractivity contribution in [2.45, 2.75) is 19.4 Å². The van der Waals surface area contributed by atoms with E-state index in [0.717, 1.165) is 11.1 Å². The Morgan fingerprint density at radius 2 is 1.65 bits per heavy atom. The Balaban J connectivity index is 2.45. The van der Waals surface area contributed by atoms with Crippen molar-refractivity contribution < 1.29 is 5.11 Å². The van der Waals surface area contributed by atoms with E-state index in [1.54, 1.807) is 19.1 Å². The summed E-state index contributed by atoms with van der Waals surface area (Å²) in [5, 5.41) is 11.2. The molecule has 0 radical (unpaired) electrons. The molecule has 0 aliphatic heterocycles. The number of benzene rings is 2. The molecule has 1 unspecified atom stereocenters. The standard InChI is InChI=1S/C15H15ClO/c1-11-6-8-12(9-7-11)15(2,17)13-4-3-5-14(16)10-13/h3-10,17H,1-2H3. The molecule has 0 bridgehead atoms. The first-order valence-corrected chi connectivity index (χ1v) is 5.93. The normalized spacial score (nSPS) is 14.4. The Labute approximate surface area is 107 Å². The summed E-state index contributed by atoms with van der Waals surface area (Å²) in [6, 6.07) is 15.2. The molecule has 2 aromatic carbocycles. The molecule has 2 aromatic rings. The molecule has 0 fully saturated rings. The Morgan fingerprint density at radius 3 is 2.24 bits per heavy atom. The van der Waals surface area contributed by atoms with Crippen molar-refractivity contribution in [2.24, 2.45) is 0 Å². The summed E-state index contributed by atoms with van der Waals surface area (Å²) in [6.07, 6.45) is 0. The van der Waals surface area contributed by atoms with Gasteiger partial charge in [0.25, 0.3) is 0 Å². The molecule has 88 valence electrons. The van der Waals surface area contributed by atoms with Crippen LogP contribution in [0.1, 0.15) is 23.6 Å². The molecule has 0 amide bonds. The van der Waals surface area contributed by atoms with Crippen molar-refractivity contribution >= 4 is 11.6 Å². The third kappa shape index (κ3) is 2.51. The van der Waals surface area contributed by atoms with Crippen molar-refractivity contribution in [1.82, 2.24) is 0 Å². The second kappa shape index (κ2) is 4.52. The van der Waals surface area contributed by atoms with Crippen LogP contribution in [0.3, 0.4) is 0 Å². The molecule has 0 saturated heterocycles. The molecule has 0 saturated carbocycles. The molecule has 17 heavy (non-hydrogen) atoms. The lowest BCUT2D eigenvalue weighted by Gasteiger charge is -2.24. The molecule has 2 heteroatoms. The van der Waals surface area contributed by atoms with Gasteiger partial charge in [0.2, 0.25) is 0 Å². The fourth-order valence-electron chi connectivity index (χ4n) is 1.84. The van der Waals surface area contributed by atoms with Crippen LogP contribution in [0, 0.1) is 6.92 Å². The van der Waals surface area contributed by atoms with Crippen molar-refractivity contribution in [3.8, 4) is 0 Å². The first-order valence-electron chi connectivity index (χ1n) is 5.56. The summed E-state index contributed by atoms with van der Waals surface area (Å²) in [4.78, 5) is 0. The van der Waals surface area contributed by atoms with Crippen molar-refractivity contribution in [3.05, 3.63) is 70.2 Å². The second-order valence-corrected chi connectivity index (χ2v) is 4.89. The molecule has 2 rings (SSSR count). The lowest BCUT2D eigenvalue weighted by molar-refractivity contribution is 0.102. The van der Waals surface area contributed by atoms with Crippen LogP contribution in [0.5, 0.6) is 0 Å². The summed E-state index contributed by atoms with van der Waals surface area (Å²) in [5.41, 5.74) is 1.83. The number of hydrogen-bond donors (Lipinski definition) is 1. The monoisotopic (exact) mass is 246 g/mol. The lowest BCUT2D eigenvalue weighted by atomic mass is 9.88. The van der Waals surface area contributed by atoms with Crippen molar-refractivity contribution in [1.29, 1.82) is 0 Å². The smallest absolute Gasteiger partial charge is 0.112 e. The Morgan fingerprint density at radius 1 is 1.00 bits per heavy atom. The van der Waals surface area contributed by atoms with Gasteiger partial charge in [-0.25, -0.2) is 0 Å². The highest BCUT2D eigenvalue weighted by molar-refractivity contribution is 6.30. The fourth-order valence-corrected chi connectivity index (χ4v) is 2.03. The summed E-state index contributed by atoms with van der Waals surface area (Å²) in [6.45, 7) is 3.81. The zero-order valence-corrected chi connectivity index (χ0v) is 10.7. The Kier molecular flexibility index (Phi) is 3.23. The van der Waals surface area contributed by atoms with Crippen LogP contribution in [0.25, 0.3) is 0 Å². The van der Waals surface area contributed by atoms with Crippen molar-refractivity contribution in [3.63, 3.8) is 0 Å². The maximum absolute atomic E-state index is 10.6. The van der Waals surface area contributed by atoms with E-state index in [2.05, 4.69) is 0 Å². The van der Waals surface area contributed by atoms with Gasteiger partial charge in [-0.3, -0.25) is 0 Å². The minimum atomic E-state index is -1.02. The topological polar surface area (TPSA) is 20.2 Å². The van der Waals surface area contributed by atoms with Gasteiger partial charge >= 0.3 is 0 Å². The summed E-state index contributed by atoms with van der Waals surface area (Å²) in [7, 11) is 0. The van der Waals surface area contributed by atoms with Gasteiger partial charge in [-0.05, 0) is 37.1 Å². The second-order valence-electron chi connectivity index (χ2n) is 4.45. The third-order valence-corrected chi connectivity index (χ3v) is 3.24. The zero-order chi connectivity index (χ0) is 12.5. The lowest BCUT2D eigenvalue weighted by Crippen LogP contribution is -2.22. The molecule has 0 spiro atoms. The molecule has 0 aromatic heterocycles. The number of aliphatic hydroxyl groups is 1. The maximum Gasteiger partial charge on any atom is 0.112 e. The van der Waals surface area contributed by atoms with Gasteiger partial charge < -0.3 is 5.11 Å². The van der Waals surface area contributed by atoms with Gasteiger partial charge in [0.15, 0.2) is 0 Å². The van der Waals surface area contributed by atoms with Gasteiger partial charge in [-0.15, -0.1) is 0 Å². The highest BCUT2D eigenvalue weighted by Gasteiger charge is 2.25. The van der Waals surface area contributed by atoms with Gasteiger partial charge in [-0.2, -0.15) is 0 Å².